The summed E-state index contributed by atoms with van der Waals surface area (Å²) in [5.74, 6) is -1.81. The van der Waals surface area contributed by atoms with E-state index in [0.717, 1.165) is 18.2 Å². The van der Waals surface area contributed by atoms with Crippen LogP contribution in [0.5, 0.6) is 0 Å². The lowest BCUT2D eigenvalue weighted by Crippen LogP contribution is -2.31. The van der Waals surface area contributed by atoms with Crippen molar-refractivity contribution in [3.8, 4) is 0 Å². The highest BCUT2D eigenvalue weighted by atomic mass is 19.1. The van der Waals surface area contributed by atoms with Crippen LogP contribution in [0, 0.1) is 11.6 Å². The van der Waals surface area contributed by atoms with Gasteiger partial charge >= 0.3 is 5.97 Å². The minimum Gasteiger partial charge on any atom is -0.481 e. The second-order valence-corrected chi connectivity index (χ2v) is 4.37. The molecule has 1 saturated heterocycles. The van der Waals surface area contributed by atoms with E-state index in [1.54, 1.807) is 0 Å². The molecule has 1 aromatic carbocycles. The molecular weight excluding hydrogens is 242 g/mol. The maximum Gasteiger partial charge on any atom is 0.303 e. The summed E-state index contributed by atoms with van der Waals surface area (Å²) in [6.45, 7) is 0. The van der Waals surface area contributed by atoms with E-state index in [-0.39, 0.29) is 24.1 Å². The van der Waals surface area contributed by atoms with Crippen LogP contribution in [0.4, 0.5) is 8.78 Å². The normalized spacial score (nSPS) is 23.2. The second kappa shape index (κ2) is 5.41. The zero-order valence-electron chi connectivity index (χ0n) is 9.62. The molecule has 0 aromatic heterocycles. The number of hydrogen-bond acceptors (Lipinski definition) is 3. The smallest absolute Gasteiger partial charge is 0.303 e. The van der Waals surface area contributed by atoms with Crippen LogP contribution in [0.2, 0.25) is 0 Å². The Morgan fingerprint density at radius 3 is 2.89 bits per heavy atom. The molecule has 0 spiro atoms. The standard InChI is InChI=1S/C12H14F2N2O2/c13-7-1-3-10(14)9(5-7)11-6-8(15-16-11)2-4-12(17)18/h1,3,5,8,11,15-16H,2,4,6H2,(H,17,18). The Balaban J connectivity index is 1.99. The van der Waals surface area contributed by atoms with Crippen molar-refractivity contribution in [2.45, 2.75) is 31.3 Å². The van der Waals surface area contributed by atoms with Gasteiger partial charge in [-0.2, -0.15) is 0 Å². The van der Waals surface area contributed by atoms with Gasteiger partial charge in [-0.15, -0.1) is 0 Å². The fourth-order valence-corrected chi connectivity index (χ4v) is 2.09. The predicted octanol–water partition coefficient (Wildman–Crippen LogP) is 1.74. The molecule has 4 nitrogen and oxygen atoms in total. The maximum atomic E-state index is 13.5. The van der Waals surface area contributed by atoms with E-state index in [0.29, 0.717) is 12.8 Å². The predicted molar refractivity (Wildman–Crippen MR) is 60.6 cm³/mol. The molecule has 1 heterocycles. The van der Waals surface area contributed by atoms with E-state index in [1.165, 1.54) is 0 Å². The topological polar surface area (TPSA) is 61.4 Å². The Morgan fingerprint density at radius 2 is 2.17 bits per heavy atom. The van der Waals surface area contributed by atoms with Crippen LogP contribution in [-0.2, 0) is 4.79 Å². The molecule has 2 unspecified atom stereocenters. The van der Waals surface area contributed by atoms with Crippen molar-refractivity contribution in [1.82, 2.24) is 10.9 Å². The molecule has 0 radical (unpaired) electrons. The van der Waals surface area contributed by atoms with Crippen LogP contribution in [-0.4, -0.2) is 17.1 Å². The number of halogens is 2. The summed E-state index contributed by atoms with van der Waals surface area (Å²) in [7, 11) is 0. The average Bonchev–Trinajstić information content (AvgIpc) is 2.78. The minimum atomic E-state index is -0.864. The minimum absolute atomic E-state index is 0.0474. The van der Waals surface area contributed by atoms with E-state index in [4.69, 9.17) is 5.11 Å². The van der Waals surface area contributed by atoms with Gasteiger partial charge in [0.2, 0.25) is 0 Å². The van der Waals surface area contributed by atoms with Gasteiger partial charge in [-0.3, -0.25) is 10.2 Å². The van der Waals surface area contributed by atoms with Crippen molar-refractivity contribution in [1.29, 1.82) is 0 Å². The summed E-state index contributed by atoms with van der Waals surface area (Å²) in [6.07, 6.45) is 1.04. The number of benzene rings is 1. The highest BCUT2D eigenvalue weighted by molar-refractivity contribution is 5.66. The van der Waals surface area contributed by atoms with Gasteiger partial charge in [-0.1, -0.05) is 0 Å². The van der Waals surface area contributed by atoms with Crippen LogP contribution in [0.25, 0.3) is 0 Å². The Bertz CT molecular complexity index is 454. The van der Waals surface area contributed by atoms with Crippen LogP contribution in [0.3, 0.4) is 0 Å². The average molecular weight is 256 g/mol. The Hall–Kier alpha value is -1.53. The largest absolute Gasteiger partial charge is 0.481 e. The molecule has 1 aromatic rings. The molecule has 0 saturated carbocycles. The van der Waals surface area contributed by atoms with Crippen molar-refractivity contribution in [2.75, 3.05) is 0 Å². The molecule has 6 heteroatoms. The van der Waals surface area contributed by atoms with Gasteiger partial charge in [-0.05, 0) is 31.0 Å². The molecule has 1 aliphatic rings. The zero-order valence-corrected chi connectivity index (χ0v) is 9.62. The molecule has 3 N–H and O–H groups in total. The van der Waals surface area contributed by atoms with E-state index >= 15 is 0 Å². The number of hydrazine groups is 1. The fraction of sp³-hybridized carbons (Fsp3) is 0.417. The lowest BCUT2D eigenvalue weighted by atomic mass is 9.99. The second-order valence-electron chi connectivity index (χ2n) is 4.37. The summed E-state index contributed by atoms with van der Waals surface area (Å²) >= 11 is 0. The van der Waals surface area contributed by atoms with Gasteiger partial charge < -0.3 is 5.11 Å². The Labute approximate surface area is 103 Å². The van der Waals surface area contributed by atoms with Gasteiger partial charge in [-0.25, -0.2) is 14.2 Å². The van der Waals surface area contributed by atoms with Crippen LogP contribution in [0.1, 0.15) is 30.9 Å². The zero-order chi connectivity index (χ0) is 13.1. The first-order valence-electron chi connectivity index (χ1n) is 5.74. The van der Waals surface area contributed by atoms with E-state index in [9.17, 15) is 13.6 Å². The highest BCUT2D eigenvalue weighted by Gasteiger charge is 2.27. The molecule has 1 fully saturated rings. The van der Waals surface area contributed by atoms with Crippen molar-refractivity contribution < 1.29 is 18.7 Å². The van der Waals surface area contributed by atoms with E-state index in [2.05, 4.69) is 10.9 Å². The molecule has 1 aliphatic heterocycles. The summed E-state index contributed by atoms with van der Waals surface area (Å²) in [6, 6.07) is 2.95. The highest BCUT2D eigenvalue weighted by Crippen LogP contribution is 2.26. The number of carboxylic acids is 1. The first-order chi connectivity index (χ1) is 8.56. The van der Waals surface area contributed by atoms with E-state index in [1.807, 2.05) is 0 Å². The SMILES string of the molecule is O=C(O)CCC1CC(c2cc(F)ccc2F)NN1. The molecule has 2 atom stereocenters. The van der Waals surface area contributed by atoms with Crippen LogP contribution >= 0.6 is 0 Å². The van der Waals surface area contributed by atoms with Crippen molar-refractivity contribution in [2.24, 2.45) is 0 Å². The Morgan fingerprint density at radius 1 is 1.39 bits per heavy atom. The summed E-state index contributed by atoms with van der Waals surface area (Å²) in [5, 5.41) is 8.58. The molecule has 18 heavy (non-hydrogen) atoms. The molecular formula is C12H14F2N2O2. The lowest BCUT2D eigenvalue weighted by molar-refractivity contribution is -0.137. The first kappa shape index (κ1) is 12.9. The van der Waals surface area contributed by atoms with Crippen molar-refractivity contribution in [3.05, 3.63) is 35.4 Å². The number of rotatable bonds is 4. The fourth-order valence-electron chi connectivity index (χ4n) is 2.09. The third-order valence-corrected chi connectivity index (χ3v) is 3.02. The van der Waals surface area contributed by atoms with E-state index < -0.39 is 17.6 Å². The third-order valence-electron chi connectivity index (χ3n) is 3.02. The molecule has 0 aliphatic carbocycles. The third kappa shape index (κ3) is 3.02. The monoisotopic (exact) mass is 256 g/mol. The van der Waals surface area contributed by atoms with Gasteiger partial charge in [0.1, 0.15) is 11.6 Å². The molecule has 0 amide bonds. The van der Waals surface area contributed by atoms with Crippen LogP contribution in [0.15, 0.2) is 18.2 Å². The number of nitrogens with one attached hydrogen (secondary N) is 2. The quantitative estimate of drug-likeness (QED) is 0.768. The molecule has 98 valence electrons. The summed E-state index contributed by atoms with van der Waals surface area (Å²) < 4.78 is 26.6. The summed E-state index contributed by atoms with van der Waals surface area (Å²) in [5.41, 5.74) is 6.03. The molecule has 0 bridgehead atoms. The van der Waals surface area contributed by atoms with Crippen molar-refractivity contribution in [3.63, 3.8) is 0 Å². The lowest BCUT2D eigenvalue weighted by Gasteiger charge is -2.10. The number of hydrogen-bond donors (Lipinski definition) is 3. The van der Waals surface area contributed by atoms with Gasteiger partial charge in [0.05, 0.1) is 6.04 Å². The van der Waals surface area contributed by atoms with Gasteiger partial charge in [0.15, 0.2) is 0 Å². The van der Waals surface area contributed by atoms with Crippen molar-refractivity contribution >= 4 is 5.97 Å². The number of carbonyl (C=O) groups is 1. The number of carboxylic acid groups (broad SMARTS) is 1. The first-order valence-corrected chi connectivity index (χ1v) is 5.74. The summed E-state index contributed by atoms with van der Waals surface area (Å²) in [4.78, 5) is 10.4. The van der Waals surface area contributed by atoms with Gasteiger partial charge in [0.25, 0.3) is 0 Å². The Kier molecular flexibility index (Phi) is 3.88. The molecule has 2 rings (SSSR count). The number of aliphatic carboxylic acids is 1. The maximum absolute atomic E-state index is 13.5. The van der Waals surface area contributed by atoms with Gasteiger partial charge in [0, 0.05) is 18.0 Å². The van der Waals surface area contributed by atoms with Crippen LogP contribution < -0.4 is 10.9 Å².